The molecule has 0 fully saturated rings. The van der Waals surface area contributed by atoms with Crippen LogP contribution in [0.1, 0.15) is 11.1 Å². The van der Waals surface area contributed by atoms with Crippen molar-refractivity contribution in [2.45, 2.75) is 13.1 Å². The number of hydrogen-bond donors (Lipinski definition) is 1. The van der Waals surface area contributed by atoms with E-state index in [-0.39, 0.29) is 0 Å². The lowest BCUT2D eigenvalue weighted by atomic mass is 10.0. The molecule has 0 unspecified atom stereocenters. The van der Waals surface area contributed by atoms with Gasteiger partial charge in [0.15, 0.2) is 0 Å². The van der Waals surface area contributed by atoms with Crippen molar-refractivity contribution in [1.82, 2.24) is 0 Å². The van der Waals surface area contributed by atoms with Crippen LogP contribution in [0.3, 0.4) is 0 Å². The molecule has 0 spiro atoms. The van der Waals surface area contributed by atoms with Crippen LogP contribution in [-0.4, -0.2) is 0 Å². The number of nitrogen functional groups attached to an aromatic ring is 1. The van der Waals surface area contributed by atoms with Gasteiger partial charge in [0.05, 0.1) is 5.56 Å². The maximum Gasteiger partial charge on any atom is 0.416 e. The predicted octanol–water partition coefficient (Wildman–Crippen LogP) is 4.26. The molecule has 0 aliphatic rings. The van der Waals surface area contributed by atoms with Gasteiger partial charge in [0.1, 0.15) is 0 Å². The Kier molecular flexibility index (Phi) is 3.03. The molecule has 2 N–H and O–H groups in total. The molecule has 2 aromatic rings. The Morgan fingerprint density at radius 2 is 1.67 bits per heavy atom. The Hall–Kier alpha value is -1.97. The van der Waals surface area contributed by atoms with Gasteiger partial charge >= 0.3 is 6.18 Å². The molecule has 0 aromatic heterocycles. The van der Waals surface area contributed by atoms with Crippen molar-refractivity contribution in [3.63, 3.8) is 0 Å². The van der Waals surface area contributed by atoms with Gasteiger partial charge in [-0.25, -0.2) is 0 Å². The number of rotatable bonds is 1. The first-order valence-electron chi connectivity index (χ1n) is 5.41. The Morgan fingerprint density at radius 1 is 0.944 bits per heavy atom. The minimum atomic E-state index is -4.33. The van der Waals surface area contributed by atoms with Crippen LogP contribution in [0.4, 0.5) is 18.9 Å². The molecular formula is C14H12F3N. The second-order valence-electron chi connectivity index (χ2n) is 4.21. The third kappa shape index (κ3) is 2.64. The van der Waals surface area contributed by atoms with Crippen LogP contribution in [0.15, 0.2) is 42.5 Å². The maximum atomic E-state index is 12.6. The zero-order valence-corrected chi connectivity index (χ0v) is 9.75. The third-order valence-electron chi connectivity index (χ3n) is 2.62. The smallest absolute Gasteiger partial charge is 0.399 e. The van der Waals surface area contributed by atoms with Gasteiger partial charge < -0.3 is 5.73 Å². The maximum absolute atomic E-state index is 12.6. The van der Waals surface area contributed by atoms with Gasteiger partial charge in [-0.2, -0.15) is 13.2 Å². The lowest BCUT2D eigenvalue weighted by Gasteiger charge is -2.10. The Labute approximate surface area is 103 Å². The third-order valence-corrected chi connectivity index (χ3v) is 2.62. The average Bonchev–Trinajstić information content (AvgIpc) is 2.27. The fourth-order valence-electron chi connectivity index (χ4n) is 1.85. The highest BCUT2D eigenvalue weighted by Gasteiger charge is 2.30. The van der Waals surface area contributed by atoms with Crippen molar-refractivity contribution in [2.75, 3.05) is 5.73 Å². The van der Waals surface area contributed by atoms with Crippen LogP contribution in [0, 0.1) is 6.92 Å². The lowest BCUT2D eigenvalue weighted by Crippen LogP contribution is -2.04. The van der Waals surface area contributed by atoms with Gasteiger partial charge in [0.25, 0.3) is 0 Å². The molecule has 0 saturated heterocycles. The van der Waals surface area contributed by atoms with Gasteiger partial charge in [-0.15, -0.1) is 0 Å². The van der Waals surface area contributed by atoms with Gasteiger partial charge in [-0.1, -0.05) is 18.2 Å². The van der Waals surface area contributed by atoms with Crippen LogP contribution in [0.25, 0.3) is 11.1 Å². The minimum absolute atomic E-state index is 0.514. The molecule has 0 aliphatic carbocycles. The first-order chi connectivity index (χ1) is 8.36. The molecule has 0 saturated carbocycles. The largest absolute Gasteiger partial charge is 0.416 e. The lowest BCUT2D eigenvalue weighted by molar-refractivity contribution is -0.137. The monoisotopic (exact) mass is 251 g/mol. The summed E-state index contributed by atoms with van der Waals surface area (Å²) >= 11 is 0. The molecule has 1 nitrogen and oxygen atoms in total. The molecule has 4 heteroatoms. The molecule has 18 heavy (non-hydrogen) atoms. The predicted molar refractivity (Wildman–Crippen MR) is 66.0 cm³/mol. The van der Waals surface area contributed by atoms with E-state index in [0.29, 0.717) is 16.8 Å². The summed E-state index contributed by atoms with van der Waals surface area (Å²) in [5.41, 5.74) is 7.72. The molecule has 0 amide bonds. The normalized spacial score (nSPS) is 11.6. The van der Waals surface area contributed by atoms with Crippen molar-refractivity contribution >= 4 is 5.69 Å². The zero-order valence-electron chi connectivity index (χ0n) is 9.75. The van der Waals surface area contributed by atoms with Crippen LogP contribution in [0.5, 0.6) is 0 Å². The molecule has 0 atom stereocenters. The van der Waals surface area contributed by atoms with Crippen LogP contribution < -0.4 is 5.73 Å². The van der Waals surface area contributed by atoms with E-state index in [1.807, 2.05) is 13.0 Å². The molecular weight excluding hydrogens is 239 g/mol. The fraction of sp³-hybridized carbons (Fsp3) is 0.143. The van der Waals surface area contributed by atoms with E-state index in [4.69, 9.17) is 5.73 Å². The summed E-state index contributed by atoms with van der Waals surface area (Å²) in [5, 5.41) is 0. The van der Waals surface area contributed by atoms with E-state index < -0.39 is 11.7 Å². The number of alkyl halides is 3. The zero-order chi connectivity index (χ0) is 13.3. The molecule has 0 aliphatic heterocycles. The number of hydrogen-bond acceptors (Lipinski definition) is 1. The van der Waals surface area contributed by atoms with Crippen molar-refractivity contribution in [3.8, 4) is 11.1 Å². The highest BCUT2D eigenvalue weighted by atomic mass is 19.4. The average molecular weight is 251 g/mol. The highest BCUT2D eigenvalue weighted by molar-refractivity contribution is 5.69. The summed E-state index contributed by atoms with van der Waals surface area (Å²) in [6.45, 7) is 1.85. The van der Waals surface area contributed by atoms with Gasteiger partial charge in [0, 0.05) is 5.69 Å². The standard InChI is InChI=1S/C14H12F3N/c1-9-5-11(8-13(18)6-9)10-3-2-4-12(7-10)14(15,16)17/h2-8H,18H2,1H3. The van der Waals surface area contributed by atoms with E-state index in [1.54, 1.807) is 18.2 Å². The van der Waals surface area contributed by atoms with Crippen molar-refractivity contribution in [3.05, 3.63) is 53.6 Å². The SMILES string of the molecule is Cc1cc(N)cc(-c2cccc(C(F)(F)F)c2)c1. The first kappa shape index (κ1) is 12.5. The summed E-state index contributed by atoms with van der Waals surface area (Å²) in [7, 11) is 0. The number of aryl methyl sites for hydroxylation is 1. The van der Waals surface area contributed by atoms with Crippen LogP contribution >= 0.6 is 0 Å². The quantitative estimate of drug-likeness (QED) is 0.753. The number of nitrogens with two attached hydrogens (primary N) is 1. The summed E-state index contributed by atoms with van der Waals surface area (Å²) in [4.78, 5) is 0. The Morgan fingerprint density at radius 3 is 2.28 bits per heavy atom. The van der Waals surface area contributed by atoms with Crippen molar-refractivity contribution in [2.24, 2.45) is 0 Å². The van der Waals surface area contributed by atoms with Crippen molar-refractivity contribution < 1.29 is 13.2 Å². The van der Waals surface area contributed by atoms with Gasteiger partial charge in [-0.05, 0) is 47.9 Å². The van der Waals surface area contributed by atoms with Gasteiger partial charge in [0.2, 0.25) is 0 Å². The van der Waals surface area contributed by atoms with Crippen molar-refractivity contribution in [1.29, 1.82) is 0 Å². The second-order valence-corrected chi connectivity index (χ2v) is 4.21. The number of benzene rings is 2. The van der Waals surface area contributed by atoms with Crippen LogP contribution in [-0.2, 0) is 6.18 Å². The Balaban J connectivity index is 2.51. The van der Waals surface area contributed by atoms with E-state index in [2.05, 4.69) is 0 Å². The molecule has 0 radical (unpaired) electrons. The van der Waals surface area contributed by atoms with E-state index in [9.17, 15) is 13.2 Å². The van der Waals surface area contributed by atoms with Crippen LogP contribution in [0.2, 0.25) is 0 Å². The minimum Gasteiger partial charge on any atom is -0.399 e. The molecule has 0 heterocycles. The fourth-order valence-corrected chi connectivity index (χ4v) is 1.85. The molecule has 2 aromatic carbocycles. The Bertz CT molecular complexity index is 553. The second kappa shape index (κ2) is 4.37. The molecule has 2 rings (SSSR count). The van der Waals surface area contributed by atoms with E-state index in [0.717, 1.165) is 17.7 Å². The first-order valence-corrected chi connectivity index (χ1v) is 5.41. The number of anilines is 1. The summed E-state index contributed by atoms with van der Waals surface area (Å²) < 4.78 is 37.9. The highest BCUT2D eigenvalue weighted by Crippen LogP contribution is 2.32. The number of halogens is 3. The van der Waals surface area contributed by atoms with E-state index >= 15 is 0 Å². The van der Waals surface area contributed by atoms with Gasteiger partial charge in [-0.3, -0.25) is 0 Å². The summed E-state index contributed by atoms with van der Waals surface area (Å²) in [6, 6.07) is 10.5. The van der Waals surface area contributed by atoms with E-state index in [1.165, 1.54) is 6.07 Å². The topological polar surface area (TPSA) is 26.0 Å². The summed E-state index contributed by atoms with van der Waals surface area (Å²) in [5.74, 6) is 0. The molecule has 0 bridgehead atoms. The molecule has 94 valence electrons. The summed E-state index contributed by atoms with van der Waals surface area (Å²) in [6.07, 6.45) is -4.33.